The third kappa shape index (κ3) is 4.42. The number of amides is 1. The fraction of sp³-hybridized carbons (Fsp3) is 0.111. The van der Waals surface area contributed by atoms with E-state index >= 15 is 0 Å². The van der Waals surface area contributed by atoms with Crippen LogP contribution in [0.15, 0.2) is 60.7 Å². The van der Waals surface area contributed by atoms with E-state index in [4.69, 9.17) is 0 Å². The van der Waals surface area contributed by atoms with Crippen LogP contribution in [-0.4, -0.2) is 11.7 Å². The fourth-order valence-corrected chi connectivity index (χ4v) is 1.80. The highest BCUT2D eigenvalue weighted by atomic mass is 16.1. The maximum atomic E-state index is 12.0. The second-order valence-corrected chi connectivity index (χ2v) is 4.59. The fourth-order valence-electron chi connectivity index (χ4n) is 1.80. The second-order valence-electron chi connectivity index (χ2n) is 4.59. The van der Waals surface area contributed by atoms with Crippen LogP contribution < -0.4 is 5.32 Å². The van der Waals surface area contributed by atoms with Crippen molar-refractivity contribution in [1.82, 2.24) is 0 Å². The molecule has 0 aliphatic rings. The predicted octanol–water partition coefficient (Wildman–Crippen LogP) is 3.93. The Labute approximate surface area is 124 Å². The summed E-state index contributed by atoms with van der Waals surface area (Å²) in [5, 5.41) is 2.75. The lowest BCUT2D eigenvalue weighted by molar-refractivity contribution is -0.115. The van der Waals surface area contributed by atoms with E-state index in [0.29, 0.717) is 17.7 Å². The number of ketones is 1. The molecular formula is C18H17NO2. The smallest absolute Gasteiger partial charge is 0.224 e. The summed E-state index contributed by atoms with van der Waals surface area (Å²) in [6.07, 6.45) is 3.77. The first kappa shape index (κ1) is 14.7. The van der Waals surface area contributed by atoms with Crippen LogP contribution in [0.25, 0.3) is 6.08 Å². The van der Waals surface area contributed by atoms with Crippen molar-refractivity contribution in [3.8, 4) is 0 Å². The monoisotopic (exact) mass is 279 g/mol. The van der Waals surface area contributed by atoms with Crippen molar-refractivity contribution in [3.05, 3.63) is 71.8 Å². The molecule has 0 aliphatic carbocycles. The summed E-state index contributed by atoms with van der Waals surface area (Å²) in [6, 6.07) is 16.5. The molecule has 0 radical (unpaired) electrons. The van der Waals surface area contributed by atoms with Crippen molar-refractivity contribution in [1.29, 1.82) is 0 Å². The van der Waals surface area contributed by atoms with Crippen LogP contribution in [0.4, 0.5) is 5.69 Å². The number of nitrogens with one attached hydrogen (secondary N) is 1. The van der Waals surface area contributed by atoms with Crippen molar-refractivity contribution in [2.45, 2.75) is 13.3 Å². The van der Waals surface area contributed by atoms with Gasteiger partial charge in [-0.3, -0.25) is 9.59 Å². The van der Waals surface area contributed by atoms with Crippen molar-refractivity contribution in [3.63, 3.8) is 0 Å². The standard InChI is InChI=1S/C18H17NO2/c1-2-18(21)19-16-11-9-15(10-12-16)17(20)13-8-14-6-4-3-5-7-14/h3-13H,2H2,1H3,(H,19,21). The molecule has 0 atom stereocenters. The van der Waals surface area contributed by atoms with Gasteiger partial charge in [0.25, 0.3) is 0 Å². The second kappa shape index (κ2) is 7.20. The van der Waals surface area contributed by atoms with Crippen LogP contribution in [0.3, 0.4) is 0 Å². The SMILES string of the molecule is CCC(=O)Nc1ccc(C(=O)C=Cc2ccccc2)cc1. The molecular weight excluding hydrogens is 262 g/mol. The van der Waals surface area contributed by atoms with E-state index in [0.717, 1.165) is 5.56 Å². The Hall–Kier alpha value is -2.68. The van der Waals surface area contributed by atoms with E-state index in [-0.39, 0.29) is 11.7 Å². The molecule has 3 nitrogen and oxygen atoms in total. The third-order valence-corrected chi connectivity index (χ3v) is 3.00. The summed E-state index contributed by atoms with van der Waals surface area (Å²) in [6.45, 7) is 1.79. The molecule has 3 heteroatoms. The van der Waals surface area contributed by atoms with Gasteiger partial charge in [0.1, 0.15) is 0 Å². The van der Waals surface area contributed by atoms with Gasteiger partial charge < -0.3 is 5.32 Å². The van der Waals surface area contributed by atoms with Gasteiger partial charge in [-0.05, 0) is 35.9 Å². The molecule has 2 aromatic carbocycles. The van der Waals surface area contributed by atoms with Gasteiger partial charge in [-0.1, -0.05) is 43.3 Å². The molecule has 1 amide bonds. The molecule has 2 aromatic rings. The number of hydrogen-bond donors (Lipinski definition) is 1. The zero-order valence-corrected chi connectivity index (χ0v) is 11.9. The number of rotatable bonds is 5. The Kier molecular flexibility index (Phi) is 5.04. The maximum absolute atomic E-state index is 12.0. The minimum absolute atomic E-state index is 0.0435. The highest BCUT2D eigenvalue weighted by Crippen LogP contribution is 2.11. The Morgan fingerprint density at radius 2 is 1.67 bits per heavy atom. The van der Waals surface area contributed by atoms with Gasteiger partial charge in [-0.15, -0.1) is 0 Å². The first-order valence-corrected chi connectivity index (χ1v) is 6.86. The topological polar surface area (TPSA) is 46.2 Å². The van der Waals surface area contributed by atoms with E-state index in [9.17, 15) is 9.59 Å². The maximum Gasteiger partial charge on any atom is 0.224 e. The molecule has 0 unspecified atom stereocenters. The Bertz CT molecular complexity index is 643. The molecule has 0 fully saturated rings. The molecule has 0 saturated heterocycles. The molecule has 0 aromatic heterocycles. The van der Waals surface area contributed by atoms with Crippen molar-refractivity contribution >= 4 is 23.5 Å². The minimum Gasteiger partial charge on any atom is -0.326 e. The lowest BCUT2D eigenvalue weighted by Crippen LogP contribution is -2.09. The van der Waals surface area contributed by atoms with Crippen LogP contribution in [0, 0.1) is 0 Å². The average molecular weight is 279 g/mol. The van der Waals surface area contributed by atoms with Gasteiger partial charge in [-0.25, -0.2) is 0 Å². The Morgan fingerprint density at radius 1 is 1.00 bits per heavy atom. The lowest BCUT2D eigenvalue weighted by Gasteiger charge is -2.03. The third-order valence-electron chi connectivity index (χ3n) is 3.00. The molecule has 1 N–H and O–H groups in total. The summed E-state index contributed by atoms with van der Waals surface area (Å²) in [7, 11) is 0. The van der Waals surface area contributed by atoms with Gasteiger partial charge in [0, 0.05) is 17.7 Å². The first-order chi connectivity index (χ1) is 10.2. The summed E-state index contributed by atoms with van der Waals surface area (Å²) in [5.74, 6) is -0.106. The van der Waals surface area contributed by atoms with Gasteiger partial charge >= 0.3 is 0 Å². The van der Waals surface area contributed by atoms with Crippen LogP contribution in [0.2, 0.25) is 0 Å². The molecule has 0 heterocycles. The molecule has 0 saturated carbocycles. The summed E-state index contributed by atoms with van der Waals surface area (Å²) in [4.78, 5) is 23.3. The van der Waals surface area contributed by atoms with Crippen LogP contribution in [0.1, 0.15) is 29.3 Å². The number of carbonyl (C=O) groups is 2. The summed E-state index contributed by atoms with van der Waals surface area (Å²) < 4.78 is 0. The Morgan fingerprint density at radius 3 is 2.29 bits per heavy atom. The molecule has 106 valence electrons. The molecule has 2 rings (SSSR count). The van der Waals surface area contributed by atoms with Crippen molar-refractivity contribution < 1.29 is 9.59 Å². The van der Waals surface area contributed by atoms with Gasteiger partial charge in [0.15, 0.2) is 5.78 Å². The van der Waals surface area contributed by atoms with Crippen molar-refractivity contribution in [2.24, 2.45) is 0 Å². The summed E-state index contributed by atoms with van der Waals surface area (Å²) in [5.41, 5.74) is 2.28. The van der Waals surface area contributed by atoms with E-state index in [1.165, 1.54) is 0 Å². The highest BCUT2D eigenvalue weighted by Gasteiger charge is 2.03. The molecule has 0 bridgehead atoms. The van der Waals surface area contributed by atoms with E-state index in [1.807, 2.05) is 30.3 Å². The lowest BCUT2D eigenvalue weighted by atomic mass is 10.1. The van der Waals surface area contributed by atoms with E-state index in [1.54, 1.807) is 43.3 Å². The molecule has 0 aliphatic heterocycles. The predicted molar refractivity (Wildman–Crippen MR) is 85.2 cm³/mol. The van der Waals surface area contributed by atoms with Crippen LogP contribution in [0.5, 0.6) is 0 Å². The quantitative estimate of drug-likeness (QED) is 0.665. The number of hydrogen-bond acceptors (Lipinski definition) is 2. The normalized spacial score (nSPS) is 10.5. The average Bonchev–Trinajstić information content (AvgIpc) is 2.54. The number of anilines is 1. The highest BCUT2D eigenvalue weighted by molar-refractivity contribution is 6.07. The van der Waals surface area contributed by atoms with Crippen LogP contribution >= 0.6 is 0 Å². The first-order valence-electron chi connectivity index (χ1n) is 6.86. The van der Waals surface area contributed by atoms with Crippen LogP contribution in [-0.2, 0) is 4.79 Å². The molecule has 21 heavy (non-hydrogen) atoms. The van der Waals surface area contributed by atoms with Gasteiger partial charge in [-0.2, -0.15) is 0 Å². The Balaban J connectivity index is 2.03. The molecule has 0 spiro atoms. The zero-order valence-electron chi connectivity index (χ0n) is 11.9. The van der Waals surface area contributed by atoms with Gasteiger partial charge in [0.2, 0.25) is 5.91 Å². The zero-order chi connectivity index (χ0) is 15.1. The summed E-state index contributed by atoms with van der Waals surface area (Å²) >= 11 is 0. The number of allylic oxidation sites excluding steroid dienone is 1. The minimum atomic E-state index is -0.0628. The van der Waals surface area contributed by atoms with Crippen molar-refractivity contribution in [2.75, 3.05) is 5.32 Å². The van der Waals surface area contributed by atoms with Gasteiger partial charge in [0.05, 0.1) is 0 Å². The van der Waals surface area contributed by atoms with E-state index in [2.05, 4.69) is 5.32 Å². The number of carbonyl (C=O) groups excluding carboxylic acids is 2. The van der Waals surface area contributed by atoms with E-state index < -0.39 is 0 Å². The number of benzene rings is 2. The largest absolute Gasteiger partial charge is 0.326 e.